The van der Waals surface area contributed by atoms with Gasteiger partial charge in [-0.05, 0) is 17.7 Å². The van der Waals surface area contributed by atoms with Gasteiger partial charge < -0.3 is 8.86 Å². The van der Waals surface area contributed by atoms with Gasteiger partial charge in [0.2, 0.25) is 0 Å². The number of nitrogens with zero attached hydrogens (tertiary/aromatic N) is 1. The molecule has 0 saturated heterocycles. The van der Waals surface area contributed by atoms with Gasteiger partial charge in [-0.2, -0.15) is 0 Å². The van der Waals surface area contributed by atoms with Gasteiger partial charge in [0.05, 0.1) is 0 Å². The molecule has 1 aromatic carbocycles. The zero-order valence-electron chi connectivity index (χ0n) is 7.27. The third-order valence-corrected chi connectivity index (χ3v) is 2.37. The Morgan fingerprint density at radius 2 is 2.00 bits per heavy atom. The predicted octanol–water partition coefficient (Wildman–Crippen LogP) is 1.56. The van der Waals surface area contributed by atoms with E-state index in [4.69, 9.17) is 0 Å². The Kier molecular flexibility index (Phi) is 3.22. The van der Waals surface area contributed by atoms with Crippen LogP contribution in [-0.2, 0) is 11.3 Å². The van der Waals surface area contributed by atoms with Crippen LogP contribution >= 0.6 is 0 Å². The largest absolute Gasteiger partial charge is 0.755 e. The number of rotatable bonds is 3. The highest BCUT2D eigenvalue weighted by atomic mass is 32.2. The molecule has 0 amide bonds. The quantitative estimate of drug-likeness (QED) is 0.688. The minimum Gasteiger partial charge on any atom is -0.755 e. The predicted molar refractivity (Wildman–Crippen MR) is 53.9 cm³/mol. The summed E-state index contributed by atoms with van der Waals surface area (Å²) in [5.74, 6) is 0. The molecule has 0 fully saturated rings. The summed E-state index contributed by atoms with van der Waals surface area (Å²) >= 11 is -2.21. The van der Waals surface area contributed by atoms with Crippen LogP contribution in [-0.4, -0.2) is 15.8 Å². The first-order valence-corrected chi connectivity index (χ1v) is 4.74. The van der Waals surface area contributed by atoms with Crippen molar-refractivity contribution in [1.29, 1.82) is 0 Å². The number of benzene rings is 1. The van der Waals surface area contributed by atoms with E-state index in [0.29, 0.717) is 5.69 Å². The Morgan fingerprint density at radius 1 is 1.46 bits per heavy atom. The molecule has 70 valence electrons. The van der Waals surface area contributed by atoms with Crippen LogP contribution in [0.4, 0.5) is 5.69 Å². The van der Waals surface area contributed by atoms with Crippen molar-refractivity contribution in [2.75, 3.05) is 11.4 Å². The highest BCUT2D eigenvalue weighted by Gasteiger charge is 1.98. The first-order chi connectivity index (χ1) is 6.15. The van der Waals surface area contributed by atoms with Crippen molar-refractivity contribution in [2.24, 2.45) is 0 Å². The lowest BCUT2D eigenvalue weighted by molar-refractivity contribution is 0.535. The van der Waals surface area contributed by atoms with E-state index in [0.717, 1.165) is 9.87 Å². The van der Waals surface area contributed by atoms with E-state index >= 15 is 0 Å². The SMILES string of the molecule is C=Cc1ccc(N(C)S(=O)[O-])cc1. The second kappa shape index (κ2) is 4.20. The molecule has 0 aromatic heterocycles. The van der Waals surface area contributed by atoms with E-state index in [1.165, 1.54) is 7.05 Å². The van der Waals surface area contributed by atoms with Crippen LogP contribution in [0.3, 0.4) is 0 Å². The molecule has 3 nitrogen and oxygen atoms in total. The molecule has 0 bridgehead atoms. The molecule has 1 atom stereocenters. The standard InChI is InChI=1S/C9H11NO2S/c1-3-8-4-6-9(7-5-8)10(2)13(11)12/h3-7H,1H2,2H3,(H,11,12)/p-1. The fraction of sp³-hybridized carbons (Fsp3) is 0.111. The van der Waals surface area contributed by atoms with E-state index in [2.05, 4.69) is 6.58 Å². The summed E-state index contributed by atoms with van der Waals surface area (Å²) in [6.45, 7) is 3.61. The van der Waals surface area contributed by atoms with Gasteiger partial charge >= 0.3 is 0 Å². The molecule has 0 radical (unpaired) electrons. The highest BCUT2D eigenvalue weighted by molar-refractivity contribution is 7.80. The number of hydrogen-bond donors (Lipinski definition) is 0. The summed E-state index contributed by atoms with van der Waals surface area (Å²) in [7, 11) is 1.49. The van der Waals surface area contributed by atoms with Crippen LogP contribution < -0.4 is 4.31 Å². The van der Waals surface area contributed by atoms with Gasteiger partial charge in [-0.1, -0.05) is 24.8 Å². The minimum atomic E-state index is -2.21. The molecule has 4 heteroatoms. The van der Waals surface area contributed by atoms with Crippen molar-refractivity contribution in [3.05, 3.63) is 36.4 Å². The van der Waals surface area contributed by atoms with Crippen LogP contribution in [0.25, 0.3) is 6.08 Å². The summed E-state index contributed by atoms with van der Waals surface area (Å²) in [4.78, 5) is 0. The second-order valence-electron chi connectivity index (χ2n) is 2.51. The van der Waals surface area contributed by atoms with Crippen LogP contribution in [0.5, 0.6) is 0 Å². The van der Waals surface area contributed by atoms with Crippen LogP contribution in [0.2, 0.25) is 0 Å². The number of hydrogen-bond acceptors (Lipinski definition) is 2. The van der Waals surface area contributed by atoms with Gasteiger partial charge in [0.25, 0.3) is 0 Å². The smallest absolute Gasteiger partial charge is 0.0479 e. The molecular weight excluding hydrogens is 186 g/mol. The molecular formula is C9H10NO2S-. The van der Waals surface area contributed by atoms with Crippen LogP contribution in [0.1, 0.15) is 5.56 Å². The Morgan fingerprint density at radius 3 is 2.38 bits per heavy atom. The van der Waals surface area contributed by atoms with Gasteiger partial charge in [-0.3, -0.25) is 4.21 Å². The van der Waals surface area contributed by atoms with Gasteiger partial charge in [-0.25, -0.2) is 0 Å². The lowest BCUT2D eigenvalue weighted by atomic mass is 10.2. The van der Waals surface area contributed by atoms with E-state index in [1.807, 2.05) is 12.1 Å². The summed E-state index contributed by atoms with van der Waals surface area (Å²) in [6, 6.07) is 7.08. The molecule has 0 spiro atoms. The summed E-state index contributed by atoms with van der Waals surface area (Å²) in [6.07, 6.45) is 1.71. The van der Waals surface area contributed by atoms with Crippen molar-refractivity contribution < 1.29 is 8.76 Å². The van der Waals surface area contributed by atoms with Gasteiger partial charge in [0.1, 0.15) is 0 Å². The minimum absolute atomic E-state index is 0.638. The van der Waals surface area contributed by atoms with E-state index in [1.54, 1.807) is 18.2 Å². The Balaban J connectivity index is 2.91. The average molecular weight is 196 g/mol. The third-order valence-electron chi connectivity index (χ3n) is 1.72. The van der Waals surface area contributed by atoms with Gasteiger partial charge in [0, 0.05) is 24.0 Å². The maximum atomic E-state index is 10.6. The third kappa shape index (κ3) is 2.40. The normalized spacial score (nSPS) is 12.2. The monoisotopic (exact) mass is 196 g/mol. The molecule has 0 aliphatic rings. The Labute approximate surface area is 80.1 Å². The van der Waals surface area contributed by atoms with Crippen molar-refractivity contribution in [3.8, 4) is 0 Å². The summed E-state index contributed by atoms with van der Waals surface area (Å²) in [5.41, 5.74) is 1.60. The van der Waals surface area contributed by atoms with E-state index in [9.17, 15) is 8.76 Å². The maximum Gasteiger partial charge on any atom is 0.0479 e. The van der Waals surface area contributed by atoms with Crippen molar-refractivity contribution >= 4 is 23.0 Å². The average Bonchev–Trinajstić information content (AvgIpc) is 2.17. The topological polar surface area (TPSA) is 43.4 Å². The summed E-state index contributed by atoms with van der Waals surface area (Å²) < 4.78 is 22.3. The Bertz CT molecular complexity index is 321. The highest BCUT2D eigenvalue weighted by Crippen LogP contribution is 2.14. The van der Waals surface area contributed by atoms with Crippen molar-refractivity contribution in [3.63, 3.8) is 0 Å². The molecule has 13 heavy (non-hydrogen) atoms. The second-order valence-corrected chi connectivity index (χ2v) is 3.49. The molecule has 1 unspecified atom stereocenters. The van der Waals surface area contributed by atoms with E-state index < -0.39 is 11.3 Å². The molecule has 1 rings (SSSR count). The van der Waals surface area contributed by atoms with Crippen molar-refractivity contribution in [1.82, 2.24) is 0 Å². The fourth-order valence-electron chi connectivity index (χ4n) is 0.906. The fourth-order valence-corrected chi connectivity index (χ4v) is 1.20. The maximum absolute atomic E-state index is 10.6. The van der Waals surface area contributed by atoms with E-state index in [-0.39, 0.29) is 0 Å². The first kappa shape index (κ1) is 9.95. The lowest BCUT2D eigenvalue weighted by Gasteiger charge is -2.20. The van der Waals surface area contributed by atoms with Crippen LogP contribution in [0, 0.1) is 0 Å². The molecule has 0 aliphatic heterocycles. The molecule has 0 saturated carbocycles. The molecule has 0 N–H and O–H groups in total. The molecule has 0 aliphatic carbocycles. The lowest BCUT2D eigenvalue weighted by Crippen LogP contribution is -2.19. The number of anilines is 1. The molecule has 1 aromatic rings. The zero-order valence-corrected chi connectivity index (χ0v) is 8.08. The summed E-state index contributed by atoms with van der Waals surface area (Å²) in [5, 5.41) is 0. The van der Waals surface area contributed by atoms with Crippen molar-refractivity contribution in [2.45, 2.75) is 0 Å². The van der Waals surface area contributed by atoms with Gasteiger partial charge in [-0.15, -0.1) is 0 Å². The van der Waals surface area contributed by atoms with Gasteiger partial charge in [0.15, 0.2) is 0 Å². The molecule has 0 heterocycles. The van der Waals surface area contributed by atoms with Crippen LogP contribution in [0.15, 0.2) is 30.8 Å². The first-order valence-electron chi connectivity index (χ1n) is 3.71. The Hall–Kier alpha value is -1.13. The zero-order chi connectivity index (χ0) is 9.84.